The number of unbranched alkanes of at least 4 members (excludes halogenated alkanes) is 14. The monoisotopic (exact) mass is 620 g/mol. The molecule has 0 saturated heterocycles. The average Bonchev–Trinajstić information content (AvgIpc) is 3.08. The van der Waals surface area contributed by atoms with Crippen LogP contribution in [0.25, 0.3) is 0 Å². The summed E-state index contributed by atoms with van der Waals surface area (Å²) in [6.45, 7) is 2.29. The van der Waals surface area contributed by atoms with Crippen LogP contribution in [-0.4, -0.2) is 0 Å². The van der Waals surface area contributed by atoms with Crippen molar-refractivity contribution < 1.29 is 9.47 Å². The number of ether oxygens (including phenoxy) is 2. The van der Waals surface area contributed by atoms with Gasteiger partial charge in [-0.1, -0.05) is 152 Å². The molecule has 0 spiro atoms. The third-order valence-corrected chi connectivity index (χ3v) is 8.95. The van der Waals surface area contributed by atoms with Gasteiger partial charge < -0.3 is 20.9 Å². The van der Waals surface area contributed by atoms with Gasteiger partial charge in [0, 0.05) is 5.92 Å². The molecule has 4 aromatic carbocycles. The highest BCUT2D eigenvalue weighted by molar-refractivity contribution is 5.54. The van der Waals surface area contributed by atoms with E-state index in [1.807, 2.05) is 48.5 Å². The van der Waals surface area contributed by atoms with Crippen LogP contribution in [0.1, 0.15) is 127 Å². The van der Waals surface area contributed by atoms with Crippen molar-refractivity contribution in [3.8, 4) is 23.0 Å². The second-order valence-corrected chi connectivity index (χ2v) is 12.7. The lowest BCUT2D eigenvalue weighted by Gasteiger charge is -2.19. The van der Waals surface area contributed by atoms with E-state index >= 15 is 0 Å². The lowest BCUT2D eigenvalue weighted by Crippen LogP contribution is -2.02. The van der Waals surface area contributed by atoms with Crippen LogP contribution in [0.4, 0.5) is 11.4 Å². The van der Waals surface area contributed by atoms with Crippen molar-refractivity contribution in [2.24, 2.45) is 0 Å². The molecule has 0 aliphatic rings. The fraction of sp³-hybridized carbons (Fsp3) is 0.429. The van der Waals surface area contributed by atoms with Crippen LogP contribution in [0.15, 0.2) is 97.1 Å². The minimum absolute atomic E-state index is 0.300. The van der Waals surface area contributed by atoms with Gasteiger partial charge in [0.25, 0.3) is 0 Å². The summed E-state index contributed by atoms with van der Waals surface area (Å²) in [5, 5.41) is 0. The minimum Gasteiger partial charge on any atom is -0.455 e. The van der Waals surface area contributed by atoms with Crippen molar-refractivity contribution in [1.29, 1.82) is 0 Å². The van der Waals surface area contributed by atoms with E-state index in [1.165, 1.54) is 107 Å². The van der Waals surface area contributed by atoms with Crippen LogP contribution in [-0.2, 0) is 0 Å². The van der Waals surface area contributed by atoms with Crippen LogP contribution >= 0.6 is 0 Å². The van der Waals surface area contributed by atoms with Crippen LogP contribution in [0.3, 0.4) is 0 Å². The highest BCUT2D eigenvalue weighted by Crippen LogP contribution is 2.35. The summed E-state index contributed by atoms with van der Waals surface area (Å²) in [5.74, 6) is 3.24. The largest absolute Gasteiger partial charge is 0.455 e. The Labute approximate surface area is 278 Å². The van der Waals surface area contributed by atoms with Gasteiger partial charge in [0.15, 0.2) is 0 Å². The minimum atomic E-state index is 0.300. The molecule has 4 aromatic rings. The summed E-state index contributed by atoms with van der Waals surface area (Å²) < 4.78 is 12.1. The Morgan fingerprint density at radius 3 is 1.15 bits per heavy atom. The number of nitrogen functional groups attached to an aromatic ring is 2. The molecule has 4 N–H and O–H groups in total. The van der Waals surface area contributed by atoms with Crippen LogP contribution in [0.2, 0.25) is 0 Å². The first-order valence-corrected chi connectivity index (χ1v) is 17.9. The molecule has 0 bridgehead atoms. The Morgan fingerprint density at radius 2 is 0.783 bits per heavy atom. The lowest BCUT2D eigenvalue weighted by molar-refractivity contribution is 0.484. The molecule has 246 valence electrons. The second-order valence-electron chi connectivity index (χ2n) is 12.7. The summed E-state index contributed by atoms with van der Waals surface area (Å²) in [6, 6.07) is 32.2. The van der Waals surface area contributed by atoms with E-state index < -0.39 is 0 Å². The van der Waals surface area contributed by atoms with Crippen molar-refractivity contribution in [1.82, 2.24) is 0 Å². The van der Waals surface area contributed by atoms with Crippen LogP contribution < -0.4 is 20.9 Å². The number of anilines is 2. The first kappa shape index (κ1) is 34.9. The molecule has 4 heteroatoms. The average molecular weight is 621 g/mol. The Morgan fingerprint density at radius 1 is 0.435 bits per heavy atom. The molecule has 0 unspecified atom stereocenters. The number of rotatable bonds is 22. The first-order valence-electron chi connectivity index (χ1n) is 17.9. The molecule has 0 aliphatic carbocycles. The van der Waals surface area contributed by atoms with E-state index in [1.54, 1.807) is 0 Å². The quantitative estimate of drug-likeness (QED) is 0.0677. The fourth-order valence-electron chi connectivity index (χ4n) is 6.18. The maximum atomic E-state index is 6.10. The van der Waals surface area contributed by atoms with Gasteiger partial charge in [0.1, 0.15) is 23.0 Å². The van der Waals surface area contributed by atoms with Gasteiger partial charge in [-0.3, -0.25) is 0 Å². The van der Waals surface area contributed by atoms with Gasteiger partial charge in [-0.05, 0) is 66.1 Å². The summed E-state index contributed by atoms with van der Waals surface area (Å²) in [7, 11) is 0. The molecule has 46 heavy (non-hydrogen) atoms. The van der Waals surface area contributed by atoms with Gasteiger partial charge >= 0.3 is 0 Å². The van der Waals surface area contributed by atoms with E-state index in [9.17, 15) is 0 Å². The van der Waals surface area contributed by atoms with E-state index in [4.69, 9.17) is 20.9 Å². The zero-order valence-corrected chi connectivity index (χ0v) is 28.1. The second kappa shape index (κ2) is 20.3. The molecule has 0 aliphatic heterocycles. The molecular formula is C42H56N2O2. The summed E-state index contributed by atoms with van der Waals surface area (Å²) in [5.41, 5.74) is 16.0. The van der Waals surface area contributed by atoms with E-state index in [-0.39, 0.29) is 0 Å². The Bertz CT molecular complexity index is 1290. The summed E-state index contributed by atoms with van der Waals surface area (Å²) in [4.78, 5) is 0. The summed E-state index contributed by atoms with van der Waals surface area (Å²) >= 11 is 0. The van der Waals surface area contributed by atoms with Crippen LogP contribution in [0.5, 0.6) is 23.0 Å². The molecule has 0 saturated carbocycles. The van der Waals surface area contributed by atoms with Crippen molar-refractivity contribution in [2.45, 2.75) is 116 Å². The normalized spacial score (nSPS) is 11.2. The van der Waals surface area contributed by atoms with Crippen molar-refractivity contribution in [3.05, 3.63) is 108 Å². The predicted octanol–water partition coefficient (Wildman–Crippen LogP) is 12.8. The van der Waals surface area contributed by atoms with Crippen LogP contribution in [0, 0.1) is 0 Å². The third-order valence-electron chi connectivity index (χ3n) is 8.95. The molecule has 0 heterocycles. The van der Waals surface area contributed by atoms with E-state index in [2.05, 4.69) is 55.5 Å². The van der Waals surface area contributed by atoms with Gasteiger partial charge in [0.2, 0.25) is 0 Å². The number of nitrogens with two attached hydrogens (primary N) is 2. The van der Waals surface area contributed by atoms with Gasteiger partial charge in [-0.25, -0.2) is 0 Å². The van der Waals surface area contributed by atoms with Crippen molar-refractivity contribution >= 4 is 11.4 Å². The molecule has 0 radical (unpaired) electrons. The molecule has 0 aromatic heterocycles. The zero-order chi connectivity index (χ0) is 32.2. The fourth-order valence-corrected chi connectivity index (χ4v) is 6.18. The molecule has 4 nitrogen and oxygen atoms in total. The number of hydrogen-bond donors (Lipinski definition) is 2. The standard InChI is InChI=1S/C42H56N2O2/c1-2-3-4-5-6-7-8-9-10-11-12-13-14-15-16-21-38(34-26-30-36(31-27-34)45-41-24-19-17-22-39(41)43)35-28-32-37(33-29-35)46-42-25-20-18-23-40(42)44/h17-20,22-33,38H,2-16,21,43-44H2,1H3. The number of benzene rings is 4. The third kappa shape index (κ3) is 12.1. The van der Waals surface area contributed by atoms with Crippen molar-refractivity contribution in [3.63, 3.8) is 0 Å². The first-order chi connectivity index (χ1) is 22.6. The predicted molar refractivity (Wildman–Crippen MR) is 196 cm³/mol. The van der Waals surface area contributed by atoms with Gasteiger partial charge in [0.05, 0.1) is 11.4 Å². The van der Waals surface area contributed by atoms with Gasteiger partial charge in [-0.2, -0.15) is 0 Å². The number of para-hydroxylation sites is 4. The summed E-state index contributed by atoms with van der Waals surface area (Å²) in [6.07, 6.45) is 21.7. The lowest BCUT2D eigenvalue weighted by atomic mass is 9.86. The molecule has 0 fully saturated rings. The molecule has 0 atom stereocenters. The molecule has 4 rings (SSSR count). The van der Waals surface area contributed by atoms with E-state index in [0.717, 1.165) is 17.9 Å². The molecule has 0 amide bonds. The highest BCUT2D eigenvalue weighted by atomic mass is 16.5. The van der Waals surface area contributed by atoms with Crippen molar-refractivity contribution in [2.75, 3.05) is 11.5 Å². The maximum Gasteiger partial charge on any atom is 0.150 e. The number of hydrogen-bond acceptors (Lipinski definition) is 4. The Hall–Kier alpha value is -3.92. The Balaban J connectivity index is 1.26. The SMILES string of the molecule is CCCCCCCCCCCCCCCCCC(c1ccc(Oc2ccccc2N)cc1)c1ccc(Oc2ccccc2N)cc1. The highest BCUT2D eigenvalue weighted by Gasteiger charge is 2.15. The zero-order valence-electron chi connectivity index (χ0n) is 28.1. The van der Waals surface area contributed by atoms with Gasteiger partial charge in [-0.15, -0.1) is 0 Å². The maximum absolute atomic E-state index is 6.10. The van der Waals surface area contributed by atoms with E-state index in [0.29, 0.717) is 28.8 Å². The Kier molecular flexibility index (Phi) is 15.4. The smallest absolute Gasteiger partial charge is 0.150 e. The molecular weight excluding hydrogens is 564 g/mol. The topological polar surface area (TPSA) is 70.5 Å².